The molecule has 31 heavy (non-hydrogen) atoms. The molecule has 4 aromatic rings. The summed E-state index contributed by atoms with van der Waals surface area (Å²) in [6.45, 7) is 0.305. The second-order valence-electron chi connectivity index (χ2n) is 7.07. The van der Waals surface area contributed by atoms with Crippen LogP contribution in [0.5, 0.6) is 11.8 Å². The lowest BCUT2D eigenvalue weighted by Gasteiger charge is -2.11. The molecule has 0 bridgehead atoms. The van der Waals surface area contributed by atoms with Crippen LogP contribution in [0.15, 0.2) is 64.2 Å². The molecule has 0 unspecified atom stereocenters. The normalized spacial score (nSPS) is 11.2. The summed E-state index contributed by atoms with van der Waals surface area (Å²) in [5.74, 6) is 0.461. The van der Waals surface area contributed by atoms with Gasteiger partial charge >= 0.3 is 11.7 Å². The molecule has 0 aliphatic carbocycles. The van der Waals surface area contributed by atoms with Crippen LogP contribution in [0.1, 0.15) is 12.0 Å². The van der Waals surface area contributed by atoms with Crippen molar-refractivity contribution in [3.05, 3.63) is 86.0 Å². The van der Waals surface area contributed by atoms with E-state index in [2.05, 4.69) is 4.98 Å². The van der Waals surface area contributed by atoms with Crippen molar-refractivity contribution < 1.29 is 9.84 Å². The second kappa shape index (κ2) is 8.79. The fraction of sp³-hybridized carbons (Fsp3) is 0.227. The van der Waals surface area contributed by atoms with Crippen LogP contribution in [0.3, 0.4) is 0 Å². The molecule has 0 saturated carbocycles. The lowest BCUT2D eigenvalue weighted by Crippen LogP contribution is -2.39. The highest BCUT2D eigenvalue weighted by Crippen LogP contribution is 2.26. The van der Waals surface area contributed by atoms with Gasteiger partial charge in [-0.1, -0.05) is 48.0 Å². The number of aryl methyl sites for hydroxylation is 1. The minimum Gasteiger partial charge on any atom is -0.425 e. The third-order valence-corrected chi connectivity index (χ3v) is 5.16. The van der Waals surface area contributed by atoms with Crippen LogP contribution in [0.2, 0.25) is 5.02 Å². The Morgan fingerprint density at radius 1 is 1.06 bits per heavy atom. The molecule has 8 nitrogen and oxygen atoms in total. The van der Waals surface area contributed by atoms with E-state index < -0.39 is 11.2 Å². The van der Waals surface area contributed by atoms with Gasteiger partial charge in [-0.2, -0.15) is 4.98 Å². The average Bonchev–Trinajstić information content (AvgIpc) is 3.11. The smallest absolute Gasteiger partial charge is 0.332 e. The second-order valence-corrected chi connectivity index (χ2v) is 7.51. The largest absolute Gasteiger partial charge is 0.425 e. The monoisotopic (exact) mass is 440 g/mol. The highest BCUT2D eigenvalue weighted by atomic mass is 35.5. The molecule has 2 heterocycles. The molecule has 0 fully saturated rings. The molecule has 0 aliphatic rings. The van der Waals surface area contributed by atoms with Crippen LogP contribution < -0.4 is 16.0 Å². The number of fused-ring (bicyclic) bond motifs is 1. The Morgan fingerprint density at radius 3 is 2.55 bits per heavy atom. The van der Waals surface area contributed by atoms with Crippen LogP contribution in [-0.2, 0) is 20.1 Å². The van der Waals surface area contributed by atoms with Gasteiger partial charge in [0.2, 0.25) is 0 Å². The van der Waals surface area contributed by atoms with Gasteiger partial charge < -0.3 is 9.84 Å². The highest BCUT2D eigenvalue weighted by molar-refractivity contribution is 6.30. The molecule has 2 aromatic carbocycles. The maximum absolute atomic E-state index is 13.3. The number of hydrogen-bond donors (Lipinski definition) is 1. The fourth-order valence-electron chi connectivity index (χ4n) is 3.40. The molecule has 0 amide bonds. The lowest BCUT2D eigenvalue weighted by atomic mass is 10.2. The van der Waals surface area contributed by atoms with E-state index in [0.29, 0.717) is 23.7 Å². The van der Waals surface area contributed by atoms with Gasteiger partial charge in [-0.3, -0.25) is 18.5 Å². The molecule has 0 atom stereocenters. The van der Waals surface area contributed by atoms with E-state index in [9.17, 15) is 9.59 Å². The minimum atomic E-state index is -0.496. The van der Waals surface area contributed by atoms with Gasteiger partial charge in [-0.05, 0) is 30.2 Å². The van der Waals surface area contributed by atoms with Crippen molar-refractivity contribution in [2.24, 2.45) is 7.05 Å². The van der Waals surface area contributed by atoms with Gasteiger partial charge in [-0.25, -0.2) is 4.79 Å². The first-order valence-corrected chi connectivity index (χ1v) is 10.2. The standard InChI is InChI=1S/C22H21ClN4O4/c1-25-19-18(20(29)26(22(25)30)11-6-12-28)27(14-15-7-3-2-4-8-15)21(24-19)31-17-10-5-9-16(23)13-17/h2-5,7-10,13,28H,6,11-12,14H2,1H3. The Labute approximate surface area is 182 Å². The van der Waals surface area contributed by atoms with Crippen LogP contribution in [0.25, 0.3) is 11.2 Å². The van der Waals surface area contributed by atoms with Crippen molar-refractivity contribution in [2.45, 2.75) is 19.5 Å². The Balaban J connectivity index is 1.94. The van der Waals surface area contributed by atoms with E-state index >= 15 is 0 Å². The summed E-state index contributed by atoms with van der Waals surface area (Å²) in [4.78, 5) is 30.5. The number of ether oxygens (including phenoxy) is 1. The Morgan fingerprint density at radius 2 is 1.84 bits per heavy atom. The van der Waals surface area contributed by atoms with Crippen LogP contribution in [0, 0.1) is 0 Å². The Bertz CT molecular complexity index is 1340. The molecule has 1 N–H and O–H groups in total. The molecule has 0 saturated heterocycles. The molecule has 160 valence electrons. The number of aromatic nitrogens is 4. The van der Waals surface area contributed by atoms with Gasteiger partial charge in [0.1, 0.15) is 5.75 Å². The molecule has 0 spiro atoms. The minimum absolute atomic E-state index is 0.110. The summed E-state index contributed by atoms with van der Waals surface area (Å²) < 4.78 is 10.1. The molecule has 2 aromatic heterocycles. The van der Waals surface area contributed by atoms with Crippen molar-refractivity contribution in [1.82, 2.24) is 18.7 Å². The molecule has 4 rings (SSSR count). The van der Waals surface area contributed by atoms with Crippen molar-refractivity contribution in [1.29, 1.82) is 0 Å². The number of benzene rings is 2. The number of aliphatic hydroxyl groups excluding tert-OH is 1. The van der Waals surface area contributed by atoms with Crippen molar-refractivity contribution in [2.75, 3.05) is 6.61 Å². The maximum Gasteiger partial charge on any atom is 0.332 e. The molecule has 9 heteroatoms. The maximum atomic E-state index is 13.3. The van der Waals surface area contributed by atoms with Crippen molar-refractivity contribution >= 4 is 22.8 Å². The topological polar surface area (TPSA) is 91.3 Å². The highest BCUT2D eigenvalue weighted by Gasteiger charge is 2.22. The predicted molar refractivity (Wildman–Crippen MR) is 118 cm³/mol. The van der Waals surface area contributed by atoms with E-state index in [4.69, 9.17) is 21.4 Å². The van der Waals surface area contributed by atoms with Crippen molar-refractivity contribution in [3.63, 3.8) is 0 Å². The third-order valence-electron chi connectivity index (χ3n) is 4.93. The van der Waals surface area contributed by atoms with Gasteiger partial charge in [0.05, 0.1) is 6.54 Å². The number of nitrogens with zero attached hydrogens (tertiary/aromatic N) is 4. The fourth-order valence-corrected chi connectivity index (χ4v) is 3.58. The lowest BCUT2D eigenvalue weighted by molar-refractivity contribution is 0.277. The number of aliphatic hydroxyl groups is 1. The summed E-state index contributed by atoms with van der Waals surface area (Å²) >= 11 is 6.07. The first kappa shape index (κ1) is 20.9. The zero-order valence-corrected chi connectivity index (χ0v) is 17.6. The predicted octanol–water partition coefficient (Wildman–Crippen LogP) is 2.77. The van der Waals surface area contributed by atoms with Crippen LogP contribution in [0.4, 0.5) is 0 Å². The first-order valence-electron chi connectivity index (χ1n) is 9.78. The molecule has 0 aliphatic heterocycles. The molecule has 0 radical (unpaired) electrons. The number of halogens is 1. The van der Waals surface area contributed by atoms with Crippen LogP contribution in [-0.4, -0.2) is 30.4 Å². The van der Waals surface area contributed by atoms with Gasteiger partial charge in [0.25, 0.3) is 5.56 Å². The SMILES string of the molecule is Cn1c(=O)n(CCCO)c(=O)c2c1nc(Oc1cccc(Cl)c1)n2Cc1ccccc1. The zero-order valence-electron chi connectivity index (χ0n) is 16.9. The molecular formula is C22H21ClN4O4. The summed E-state index contributed by atoms with van der Waals surface area (Å²) in [6, 6.07) is 16.6. The van der Waals surface area contributed by atoms with E-state index in [1.807, 2.05) is 30.3 Å². The number of imidazole rings is 1. The zero-order chi connectivity index (χ0) is 22.0. The third kappa shape index (κ3) is 4.12. The van der Waals surface area contributed by atoms with Gasteiger partial charge in [0, 0.05) is 25.2 Å². The average molecular weight is 441 g/mol. The Kier molecular flexibility index (Phi) is 5.92. The summed E-state index contributed by atoms with van der Waals surface area (Å²) in [5.41, 5.74) is 0.442. The van der Waals surface area contributed by atoms with Gasteiger partial charge in [-0.15, -0.1) is 0 Å². The van der Waals surface area contributed by atoms with Crippen LogP contribution >= 0.6 is 11.6 Å². The Hall–Kier alpha value is -3.36. The number of hydrogen-bond acceptors (Lipinski definition) is 5. The van der Waals surface area contributed by atoms with Gasteiger partial charge in [0.15, 0.2) is 11.2 Å². The van der Waals surface area contributed by atoms with E-state index in [0.717, 1.165) is 10.1 Å². The summed E-state index contributed by atoms with van der Waals surface area (Å²) in [7, 11) is 1.56. The van der Waals surface area contributed by atoms with E-state index in [1.165, 1.54) is 4.57 Å². The summed E-state index contributed by atoms with van der Waals surface area (Å²) in [5, 5.41) is 9.66. The quantitative estimate of drug-likeness (QED) is 0.477. The first-order chi connectivity index (χ1) is 15.0. The number of rotatable bonds is 7. The molecular weight excluding hydrogens is 420 g/mol. The van der Waals surface area contributed by atoms with E-state index in [1.54, 1.807) is 35.9 Å². The van der Waals surface area contributed by atoms with E-state index in [-0.39, 0.29) is 30.3 Å². The van der Waals surface area contributed by atoms with Crippen molar-refractivity contribution in [3.8, 4) is 11.8 Å². The summed E-state index contributed by atoms with van der Waals surface area (Å²) in [6.07, 6.45) is 0.291.